The van der Waals surface area contributed by atoms with Crippen LogP contribution < -0.4 is 10.6 Å². The van der Waals surface area contributed by atoms with Crippen LogP contribution in [0.2, 0.25) is 0 Å². The van der Waals surface area contributed by atoms with E-state index in [1.54, 1.807) is 6.92 Å². The van der Waals surface area contributed by atoms with E-state index in [4.69, 9.17) is 5.73 Å². The number of hydrogen-bond acceptors (Lipinski definition) is 3. The van der Waals surface area contributed by atoms with Gasteiger partial charge in [0, 0.05) is 24.3 Å². The topological polar surface area (TPSA) is 46.3 Å². The first-order valence-corrected chi connectivity index (χ1v) is 5.81. The zero-order valence-electron chi connectivity index (χ0n) is 9.86. The Labute approximate surface area is 96.2 Å². The van der Waals surface area contributed by atoms with E-state index in [-0.39, 0.29) is 5.78 Å². The summed E-state index contributed by atoms with van der Waals surface area (Å²) in [6.45, 7) is 5.96. The highest BCUT2D eigenvalue weighted by molar-refractivity contribution is 6.00. The van der Waals surface area contributed by atoms with Gasteiger partial charge in [0.2, 0.25) is 0 Å². The van der Waals surface area contributed by atoms with Crippen LogP contribution in [-0.2, 0) is 6.42 Å². The van der Waals surface area contributed by atoms with Crippen molar-refractivity contribution in [3.63, 3.8) is 0 Å². The minimum atomic E-state index is -0.415. The van der Waals surface area contributed by atoms with Gasteiger partial charge in [-0.3, -0.25) is 4.79 Å². The molecule has 1 aromatic rings. The van der Waals surface area contributed by atoms with Crippen LogP contribution in [0.15, 0.2) is 18.2 Å². The first-order chi connectivity index (χ1) is 7.63. The second-order valence-corrected chi connectivity index (χ2v) is 4.33. The van der Waals surface area contributed by atoms with Crippen molar-refractivity contribution in [3.05, 3.63) is 29.3 Å². The van der Waals surface area contributed by atoms with Gasteiger partial charge in [-0.1, -0.05) is 0 Å². The molecular formula is C13H18N2O. The molecule has 0 radical (unpaired) electrons. The van der Waals surface area contributed by atoms with Crippen molar-refractivity contribution in [3.8, 4) is 0 Å². The Kier molecular flexibility index (Phi) is 2.97. The zero-order valence-corrected chi connectivity index (χ0v) is 9.86. The van der Waals surface area contributed by atoms with Gasteiger partial charge in [-0.2, -0.15) is 0 Å². The molecule has 1 heterocycles. The molecule has 0 fully saturated rings. The van der Waals surface area contributed by atoms with Crippen LogP contribution in [0.4, 0.5) is 5.69 Å². The summed E-state index contributed by atoms with van der Waals surface area (Å²) in [6.07, 6.45) is 1.03. The predicted molar refractivity (Wildman–Crippen MR) is 66.0 cm³/mol. The van der Waals surface area contributed by atoms with Crippen LogP contribution in [0.1, 0.15) is 29.8 Å². The molecule has 0 saturated heterocycles. The van der Waals surface area contributed by atoms with Gasteiger partial charge >= 0.3 is 0 Å². The molecule has 1 aliphatic heterocycles. The lowest BCUT2D eigenvalue weighted by atomic mass is 10.0. The number of Topliss-reactive ketones (excluding diaryl/α,β-unsaturated/α-hetero) is 1. The third-order valence-electron chi connectivity index (χ3n) is 3.15. The largest absolute Gasteiger partial charge is 0.371 e. The molecule has 1 aliphatic rings. The predicted octanol–water partition coefficient (Wildman–Crippen LogP) is 1.60. The molecule has 86 valence electrons. The fourth-order valence-electron chi connectivity index (χ4n) is 2.21. The minimum absolute atomic E-state index is 0.0257. The molecular weight excluding hydrogens is 200 g/mol. The summed E-state index contributed by atoms with van der Waals surface area (Å²) in [5.74, 6) is 0.0257. The van der Waals surface area contributed by atoms with Crippen molar-refractivity contribution in [1.29, 1.82) is 0 Å². The van der Waals surface area contributed by atoms with E-state index in [9.17, 15) is 4.79 Å². The first kappa shape index (κ1) is 11.1. The quantitative estimate of drug-likeness (QED) is 0.784. The van der Waals surface area contributed by atoms with Crippen molar-refractivity contribution < 1.29 is 4.79 Å². The summed E-state index contributed by atoms with van der Waals surface area (Å²) >= 11 is 0. The van der Waals surface area contributed by atoms with Crippen molar-refractivity contribution in [2.45, 2.75) is 26.3 Å². The highest BCUT2D eigenvalue weighted by atomic mass is 16.1. The highest BCUT2D eigenvalue weighted by Gasteiger charge is 2.19. The van der Waals surface area contributed by atoms with Gasteiger partial charge in [-0.25, -0.2) is 0 Å². The van der Waals surface area contributed by atoms with E-state index in [1.807, 2.05) is 18.2 Å². The summed E-state index contributed by atoms with van der Waals surface area (Å²) in [5, 5.41) is 0. The van der Waals surface area contributed by atoms with Crippen molar-refractivity contribution >= 4 is 11.5 Å². The monoisotopic (exact) mass is 218 g/mol. The van der Waals surface area contributed by atoms with Crippen LogP contribution in [0.3, 0.4) is 0 Å². The second-order valence-electron chi connectivity index (χ2n) is 4.33. The molecule has 1 atom stereocenters. The molecule has 3 nitrogen and oxygen atoms in total. The van der Waals surface area contributed by atoms with E-state index in [0.717, 1.165) is 25.1 Å². The number of carbonyl (C=O) groups excluding carboxylic acids is 1. The van der Waals surface area contributed by atoms with Gasteiger partial charge in [0.05, 0.1) is 6.04 Å². The maximum atomic E-state index is 11.8. The Balaban J connectivity index is 2.31. The number of ketones is 1. The molecule has 0 bridgehead atoms. The number of fused-ring (bicyclic) bond motifs is 1. The van der Waals surface area contributed by atoms with Gasteiger partial charge in [0.15, 0.2) is 5.78 Å². The van der Waals surface area contributed by atoms with Gasteiger partial charge < -0.3 is 10.6 Å². The Morgan fingerprint density at radius 3 is 2.94 bits per heavy atom. The van der Waals surface area contributed by atoms with E-state index < -0.39 is 6.04 Å². The van der Waals surface area contributed by atoms with Gasteiger partial charge in [-0.15, -0.1) is 0 Å². The molecule has 0 spiro atoms. The molecule has 2 N–H and O–H groups in total. The van der Waals surface area contributed by atoms with E-state index in [1.165, 1.54) is 11.3 Å². The normalized spacial score (nSPS) is 16.1. The molecule has 1 aromatic carbocycles. The SMILES string of the molecule is CCN1CCc2cc(C(=O)C(C)N)ccc21. The molecule has 0 saturated carbocycles. The average molecular weight is 218 g/mol. The first-order valence-electron chi connectivity index (χ1n) is 5.81. The smallest absolute Gasteiger partial charge is 0.179 e. The maximum absolute atomic E-state index is 11.8. The lowest BCUT2D eigenvalue weighted by Gasteiger charge is -2.16. The van der Waals surface area contributed by atoms with Gasteiger partial charge in [-0.05, 0) is 44.0 Å². The zero-order chi connectivity index (χ0) is 11.7. The Bertz CT molecular complexity index is 412. The second kappa shape index (κ2) is 4.26. The van der Waals surface area contributed by atoms with Crippen LogP contribution in [0, 0.1) is 0 Å². The average Bonchev–Trinajstić information content (AvgIpc) is 2.69. The van der Waals surface area contributed by atoms with Crippen molar-refractivity contribution in [2.75, 3.05) is 18.0 Å². The standard InChI is InChI=1S/C13H18N2O/c1-3-15-7-6-10-8-11(4-5-12(10)15)13(16)9(2)14/h4-5,8-9H,3,6-7,14H2,1-2H3. The molecule has 16 heavy (non-hydrogen) atoms. The number of rotatable bonds is 3. The molecule has 1 unspecified atom stereocenters. The number of hydrogen-bond donors (Lipinski definition) is 1. The highest BCUT2D eigenvalue weighted by Crippen LogP contribution is 2.28. The number of likely N-dealkylation sites (N-methyl/N-ethyl adjacent to an activating group) is 1. The summed E-state index contributed by atoms with van der Waals surface area (Å²) in [7, 11) is 0. The summed E-state index contributed by atoms with van der Waals surface area (Å²) < 4.78 is 0. The summed E-state index contributed by atoms with van der Waals surface area (Å²) in [4.78, 5) is 14.1. The lowest BCUT2D eigenvalue weighted by Crippen LogP contribution is -2.26. The fourth-order valence-corrected chi connectivity index (χ4v) is 2.21. The van der Waals surface area contributed by atoms with Crippen LogP contribution in [0.5, 0.6) is 0 Å². The Hall–Kier alpha value is -1.35. The molecule has 3 heteroatoms. The third-order valence-corrected chi connectivity index (χ3v) is 3.15. The summed E-state index contributed by atoms with van der Waals surface area (Å²) in [6, 6.07) is 5.51. The number of anilines is 1. The third kappa shape index (κ3) is 1.83. The summed E-state index contributed by atoms with van der Waals surface area (Å²) in [5.41, 5.74) is 8.89. The van der Waals surface area contributed by atoms with Crippen LogP contribution in [-0.4, -0.2) is 24.9 Å². The number of benzene rings is 1. The molecule has 2 rings (SSSR count). The van der Waals surface area contributed by atoms with Gasteiger partial charge in [0.25, 0.3) is 0 Å². The Morgan fingerprint density at radius 2 is 2.31 bits per heavy atom. The van der Waals surface area contributed by atoms with E-state index >= 15 is 0 Å². The van der Waals surface area contributed by atoms with E-state index in [2.05, 4.69) is 11.8 Å². The molecule has 0 aromatic heterocycles. The maximum Gasteiger partial charge on any atom is 0.179 e. The lowest BCUT2D eigenvalue weighted by molar-refractivity contribution is 0.0968. The molecule has 0 aliphatic carbocycles. The fraction of sp³-hybridized carbons (Fsp3) is 0.462. The van der Waals surface area contributed by atoms with Crippen molar-refractivity contribution in [1.82, 2.24) is 0 Å². The Morgan fingerprint density at radius 1 is 1.56 bits per heavy atom. The van der Waals surface area contributed by atoms with E-state index in [0.29, 0.717) is 0 Å². The minimum Gasteiger partial charge on any atom is -0.371 e. The number of nitrogens with two attached hydrogens (primary N) is 1. The number of nitrogens with zero attached hydrogens (tertiary/aromatic N) is 1. The molecule has 0 amide bonds. The van der Waals surface area contributed by atoms with Crippen molar-refractivity contribution in [2.24, 2.45) is 5.73 Å². The van der Waals surface area contributed by atoms with Gasteiger partial charge in [0.1, 0.15) is 0 Å². The van der Waals surface area contributed by atoms with Crippen LogP contribution in [0.25, 0.3) is 0 Å². The number of carbonyl (C=O) groups is 1. The van der Waals surface area contributed by atoms with Crippen LogP contribution >= 0.6 is 0 Å².